The predicted molar refractivity (Wildman–Crippen MR) is 82.1 cm³/mol. The lowest BCUT2D eigenvalue weighted by Crippen LogP contribution is -1.93. The van der Waals surface area contributed by atoms with Crippen molar-refractivity contribution in [1.29, 1.82) is 0 Å². The van der Waals surface area contributed by atoms with Gasteiger partial charge in [-0.2, -0.15) is 4.98 Å². The van der Waals surface area contributed by atoms with Gasteiger partial charge in [-0.25, -0.2) is 9.97 Å². The zero-order valence-corrected chi connectivity index (χ0v) is 11.7. The van der Waals surface area contributed by atoms with E-state index in [1.165, 1.54) is 0 Å². The van der Waals surface area contributed by atoms with Crippen LogP contribution in [0.2, 0.25) is 0 Å². The van der Waals surface area contributed by atoms with Crippen LogP contribution in [-0.2, 0) is 0 Å². The summed E-state index contributed by atoms with van der Waals surface area (Å²) in [6.45, 7) is 0. The molecule has 1 aromatic carbocycles. The zero-order chi connectivity index (χ0) is 13.7. The van der Waals surface area contributed by atoms with E-state index in [9.17, 15) is 0 Å². The van der Waals surface area contributed by atoms with Gasteiger partial charge in [0.05, 0.1) is 10.2 Å². The molecule has 0 unspecified atom stereocenters. The largest absolute Gasteiger partial charge is 0.383 e. The number of nitrogens with one attached hydrogen (secondary N) is 2. The Balaban J connectivity index is 1.97. The van der Waals surface area contributed by atoms with Gasteiger partial charge in [-0.1, -0.05) is 12.1 Å². The van der Waals surface area contributed by atoms with Gasteiger partial charge in [0.15, 0.2) is 16.5 Å². The fourth-order valence-electron chi connectivity index (χ4n) is 2.01. The van der Waals surface area contributed by atoms with E-state index < -0.39 is 0 Å². The number of fused-ring (bicyclic) bond motifs is 2. The van der Waals surface area contributed by atoms with Crippen molar-refractivity contribution in [2.75, 3.05) is 5.73 Å². The number of imidazole rings is 1. The standard InChI is InChI=1S/C12H8N6S2/c13-8-7-9(18-12(19)16-8)17-10(15-7)11-14-5-3-1-2-4-6(5)20-11/h1-4H,(H4,13,15,16,17,18,19). The highest BCUT2D eigenvalue weighted by Crippen LogP contribution is 2.29. The number of nitrogen functional groups attached to an aromatic ring is 1. The van der Waals surface area contributed by atoms with Crippen molar-refractivity contribution in [3.63, 3.8) is 0 Å². The molecular formula is C12H8N6S2. The van der Waals surface area contributed by atoms with E-state index in [-0.39, 0.29) is 0 Å². The summed E-state index contributed by atoms with van der Waals surface area (Å²) in [6, 6.07) is 7.95. The summed E-state index contributed by atoms with van der Waals surface area (Å²) in [5, 5.41) is 0.800. The normalized spacial score (nSPS) is 11.4. The summed E-state index contributed by atoms with van der Waals surface area (Å²) in [5.74, 6) is 1.08. The Kier molecular flexibility index (Phi) is 2.35. The van der Waals surface area contributed by atoms with Gasteiger partial charge in [0, 0.05) is 0 Å². The van der Waals surface area contributed by atoms with Gasteiger partial charge in [0.25, 0.3) is 0 Å². The van der Waals surface area contributed by atoms with Crippen LogP contribution in [0.15, 0.2) is 24.3 Å². The molecule has 0 fully saturated rings. The third-order valence-corrected chi connectivity index (χ3v) is 4.14. The molecule has 20 heavy (non-hydrogen) atoms. The molecule has 4 aromatic rings. The van der Waals surface area contributed by atoms with Crippen molar-refractivity contribution < 1.29 is 0 Å². The summed E-state index contributed by atoms with van der Waals surface area (Å²) >= 11 is 6.56. The number of hydrogen-bond donors (Lipinski definition) is 3. The monoisotopic (exact) mass is 300 g/mol. The molecule has 0 saturated carbocycles. The number of benzene rings is 1. The number of rotatable bonds is 1. The van der Waals surface area contributed by atoms with Crippen LogP contribution in [0, 0.1) is 4.77 Å². The maximum atomic E-state index is 5.87. The quantitative estimate of drug-likeness (QED) is 0.470. The van der Waals surface area contributed by atoms with Gasteiger partial charge in [-0.3, -0.25) is 0 Å². The Bertz CT molecular complexity index is 963. The number of H-pyrrole nitrogens is 2. The Labute approximate surface area is 121 Å². The highest BCUT2D eigenvalue weighted by Gasteiger charge is 2.13. The maximum Gasteiger partial charge on any atom is 0.200 e. The smallest absolute Gasteiger partial charge is 0.200 e. The van der Waals surface area contributed by atoms with Gasteiger partial charge in [0.2, 0.25) is 4.77 Å². The number of aromatic amines is 2. The summed E-state index contributed by atoms with van der Waals surface area (Å²) in [4.78, 5) is 19.1. The molecule has 6 nitrogen and oxygen atoms in total. The van der Waals surface area contributed by atoms with E-state index in [4.69, 9.17) is 18.0 Å². The molecule has 3 heterocycles. The number of para-hydroxylation sites is 1. The van der Waals surface area contributed by atoms with Crippen LogP contribution in [0.1, 0.15) is 0 Å². The maximum absolute atomic E-state index is 5.87. The van der Waals surface area contributed by atoms with Crippen LogP contribution in [-0.4, -0.2) is 24.9 Å². The molecule has 0 aliphatic heterocycles. The Morgan fingerprint density at radius 3 is 2.80 bits per heavy atom. The molecule has 0 aliphatic carbocycles. The fraction of sp³-hybridized carbons (Fsp3) is 0. The molecule has 98 valence electrons. The van der Waals surface area contributed by atoms with Crippen LogP contribution in [0.5, 0.6) is 0 Å². The summed E-state index contributed by atoms with van der Waals surface area (Å²) in [5.41, 5.74) is 7.97. The highest BCUT2D eigenvalue weighted by molar-refractivity contribution is 7.71. The Morgan fingerprint density at radius 2 is 1.95 bits per heavy atom. The van der Waals surface area contributed by atoms with Gasteiger partial charge >= 0.3 is 0 Å². The molecule has 8 heteroatoms. The van der Waals surface area contributed by atoms with E-state index in [0.717, 1.165) is 15.2 Å². The minimum Gasteiger partial charge on any atom is -0.383 e. The Morgan fingerprint density at radius 1 is 1.10 bits per heavy atom. The van der Waals surface area contributed by atoms with Crippen molar-refractivity contribution in [3.8, 4) is 10.8 Å². The van der Waals surface area contributed by atoms with Crippen molar-refractivity contribution in [2.45, 2.75) is 0 Å². The molecule has 4 N–H and O–H groups in total. The second kappa shape index (κ2) is 4.09. The summed E-state index contributed by atoms with van der Waals surface area (Å²) in [7, 11) is 0. The molecule has 0 radical (unpaired) electrons. The second-order valence-corrected chi connectivity index (χ2v) is 5.64. The van der Waals surface area contributed by atoms with Gasteiger partial charge in [0.1, 0.15) is 11.3 Å². The third kappa shape index (κ3) is 1.69. The number of hydrogen-bond acceptors (Lipinski definition) is 6. The van der Waals surface area contributed by atoms with Crippen molar-refractivity contribution in [3.05, 3.63) is 29.0 Å². The van der Waals surface area contributed by atoms with E-state index >= 15 is 0 Å². The molecule has 3 aromatic heterocycles. The molecule has 0 amide bonds. The number of nitrogens with zero attached hydrogens (tertiary/aromatic N) is 3. The highest BCUT2D eigenvalue weighted by atomic mass is 32.1. The van der Waals surface area contributed by atoms with Crippen LogP contribution < -0.4 is 5.73 Å². The average molecular weight is 300 g/mol. The summed E-state index contributed by atoms with van der Waals surface area (Å²) < 4.78 is 1.43. The number of aromatic nitrogens is 5. The van der Waals surface area contributed by atoms with E-state index in [0.29, 0.717) is 27.6 Å². The average Bonchev–Trinajstić information content (AvgIpc) is 3.01. The minimum absolute atomic E-state index is 0.317. The topological polar surface area (TPSA) is 96.3 Å². The zero-order valence-electron chi connectivity index (χ0n) is 10.0. The van der Waals surface area contributed by atoms with Crippen molar-refractivity contribution in [1.82, 2.24) is 24.9 Å². The van der Waals surface area contributed by atoms with E-state index in [1.54, 1.807) is 11.3 Å². The van der Waals surface area contributed by atoms with Gasteiger partial charge < -0.3 is 15.7 Å². The van der Waals surface area contributed by atoms with Crippen LogP contribution in [0.3, 0.4) is 0 Å². The first-order chi connectivity index (χ1) is 9.70. The van der Waals surface area contributed by atoms with Crippen LogP contribution in [0.4, 0.5) is 5.82 Å². The van der Waals surface area contributed by atoms with Crippen molar-refractivity contribution >= 4 is 50.8 Å². The van der Waals surface area contributed by atoms with Crippen molar-refractivity contribution in [2.24, 2.45) is 0 Å². The van der Waals surface area contributed by atoms with Crippen LogP contribution >= 0.6 is 23.6 Å². The van der Waals surface area contributed by atoms with E-state index in [2.05, 4.69) is 24.9 Å². The van der Waals surface area contributed by atoms with Gasteiger partial charge in [-0.15, -0.1) is 11.3 Å². The molecule has 0 aliphatic rings. The number of anilines is 1. The fourth-order valence-corrected chi connectivity index (χ4v) is 3.12. The molecule has 0 bridgehead atoms. The molecule has 4 rings (SSSR count). The summed E-state index contributed by atoms with van der Waals surface area (Å²) in [6.07, 6.45) is 0. The lowest BCUT2D eigenvalue weighted by atomic mass is 10.3. The lowest BCUT2D eigenvalue weighted by molar-refractivity contribution is 1.17. The first-order valence-corrected chi connectivity index (χ1v) is 7.04. The molecule has 0 saturated heterocycles. The first kappa shape index (κ1) is 11.5. The van der Waals surface area contributed by atoms with E-state index in [1.807, 2.05) is 24.3 Å². The lowest BCUT2D eigenvalue weighted by Gasteiger charge is -1.92. The first-order valence-electron chi connectivity index (χ1n) is 5.82. The number of thiazole rings is 1. The predicted octanol–water partition coefficient (Wildman–Crippen LogP) is 2.87. The third-order valence-electron chi connectivity index (χ3n) is 2.90. The van der Waals surface area contributed by atoms with Crippen LogP contribution in [0.25, 0.3) is 32.2 Å². The van der Waals surface area contributed by atoms with Gasteiger partial charge in [-0.05, 0) is 24.4 Å². The molecule has 0 atom stereocenters. The SMILES string of the molecule is Nc1[nH]c(=S)nc2nc(-c3nc4ccccc4s3)[nH]c12. The second-order valence-electron chi connectivity index (χ2n) is 4.23. The molecule has 0 spiro atoms. The number of nitrogens with two attached hydrogens (primary N) is 1. The Hall–Kier alpha value is -2.32. The minimum atomic E-state index is 0.317. The molecular weight excluding hydrogens is 292 g/mol.